The zero-order chi connectivity index (χ0) is 13.8. The Morgan fingerprint density at radius 2 is 2.37 bits per heavy atom. The van der Waals surface area contributed by atoms with Crippen LogP contribution in [0.2, 0.25) is 0 Å². The van der Waals surface area contributed by atoms with E-state index in [1.807, 2.05) is 0 Å². The van der Waals surface area contributed by atoms with Crippen molar-refractivity contribution in [2.24, 2.45) is 0 Å². The van der Waals surface area contributed by atoms with Crippen molar-refractivity contribution in [1.29, 1.82) is 0 Å². The minimum atomic E-state index is -0.288. The largest absolute Gasteiger partial charge is 0.364 e. The molecule has 0 saturated carbocycles. The summed E-state index contributed by atoms with van der Waals surface area (Å²) in [6, 6.07) is 1.85. The van der Waals surface area contributed by atoms with Gasteiger partial charge in [-0.15, -0.1) is 0 Å². The summed E-state index contributed by atoms with van der Waals surface area (Å²) >= 11 is 0. The number of nitrogens with zero attached hydrogens (tertiary/aromatic N) is 1. The van der Waals surface area contributed by atoms with Gasteiger partial charge in [0.05, 0.1) is 0 Å². The molecule has 1 amide bonds. The molecule has 5 nitrogen and oxygen atoms in total. The second-order valence-electron chi connectivity index (χ2n) is 5.03. The summed E-state index contributed by atoms with van der Waals surface area (Å²) in [5.41, 5.74) is 0.716. The van der Waals surface area contributed by atoms with E-state index in [0.717, 1.165) is 25.2 Å². The van der Waals surface area contributed by atoms with Gasteiger partial charge in [0.1, 0.15) is 5.56 Å². The van der Waals surface area contributed by atoms with Gasteiger partial charge < -0.3 is 10.3 Å². The first-order valence-corrected chi connectivity index (χ1v) is 6.83. The van der Waals surface area contributed by atoms with Crippen LogP contribution in [0.3, 0.4) is 0 Å². The summed E-state index contributed by atoms with van der Waals surface area (Å²) in [6.07, 6.45) is 3.77. The number of nitrogens with one attached hydrogen (secondary N) is 2. The van der Waals surface area contributed by atoms with E-state index in [0.29, 0.717) is 12.6 Å². The Labute approximate surface area is 113 Å². The lowest BCUT2D eigenvalue weighted by molar-refractivity contribution is 0.0940. The zero-order valence-corrected chi connectivity index (χ0v) is 11.5. The maximum atomic E-state index is 12.0. The molecule has 1 aliphatic heterocycles. The van der Waals surface area contributed by atoms with Gasteiger partial charge in [0.15, 0.2) is 5.43 Å². The number of rotatable bonds is 4. The number of aromatic nitrogens is 1. The molecule has 104 valence electrons. The number of pyridine rings is 1. The van der Waals surface area contributed by atoms with Crippen LogP contribution in [0.5, 0.6) is 0 Å². The number of hydrogen-bond acceptors (Lipinski definition) is 3. The molecule has 19 heavy (non-hydrogen) atoms. The van der Waals surface area contributed by atoms with Crippen LogP contribution in [0.15, 0.2) is 17.1 Å². The normalized spacial score (nSPS) is 19.6. The highest BCUT2D eigenvalue weighted by Gasteiger charge is 2.23. The minimum Gasteiger partial charge on any atom is -0.364 e. The molecule has 1 aromatic heterocycles. The molecule has 2 N–H and O–H groups in total. The second kappa shape index (κ2) is 6.02. The van der Waals surface area contributed by atoms with E-state index in [9.17, 15) is 9.59 Å². The number of likely N-dealkylation sites (N-methyl/N-ethyl adjacent to an activating group) is 1. The molecular weight excluding hydrogens is 242 g/mol. The van der Waals surface area contributed by atoms with E-state index >= 15 is 0 Å². The lowest BCUT2D eigenvalue weighted by Gasteiger charge is -2.22. The van der Waals surface area contributed by atoms with Gasteiger partial charge in [-0.1, -0.05) is 6.92 Å². The fourth-order valence-corrected chi connectivity index (χ4v) is 2.60. The van der Waals surface area contributed by atoms with Crippen LogP contribution in [-0.2, 0) is 0 Å². The van der Waals surface area contributed by atoms with Crippen molar-refractivity contribution < 1.29 is 4.79 Å². The minimum absolute atomic E-state index is 0.187. The molecule has 0 aromatic carbocycles. The van der Waals surface area contributed by atoms with E-state index in [1.54, 1.807) is 6.92 Å². The Morgan fingerprint density at radius 3 is 3.05 bits per heavy atom. The van der Waals surface area contributed by atoms with Crippen LogP contribution >= 0.6 is 0 Å². The molecule has 1 aromatic rings. The van der Waals surface area contributed by atoms with Crippen molar-refractivity contribution in [3.63, 3.8) is 0 Å². The summed E-state index contributed by atoms with van der Waals surface area (Å²) < 4.78 is 0. The van der Waals surface area contributed by atoms with Gasteiger partial charge in [-0.25, -0.2) is 0 Å². The van der Waals surface area contributed by atoms with Crippen molar-refractivity contribution in [1.82, 2.24) is 15.2 Å². The van der Waals surface area contributed by atoms with Gasteiger partial charge in [-0.2, -0.15) is 0 Å². The van der Waals surface area contributed by atoms with Gasteiger partial charge in [0, 0.05) is 30.5 Å². The first-order valence-electron chi connectivity index (χ1n) is 6.83. The molecule has 2 heterocycles. The van der Waals surface area contributed by atoms with Gasteiger partial charge >= 0.3 is 0 Å². The standard InChI is InChI=1S/C14H21N3O2/c1-3-17-6-4-5-11(17)8-16-14(19)12-9-15-10(2)7-13(12)18/h7,9,11H,3-6,8H2,1-2H3,(H,15,18)(H,16,19). The SMILES string of the molecule is CCN1CCCC1CNC(=O)c1c[nH]c(C)cc1=O. The van der Waals surface area contributed by atoms with E-state index in [-0.39, 0.29) is 16.9 Å². The molecule has 1 fully saturated rings. The van der Waals surface area contributed by atoms with Crippen LogP contribution in [0.4, 0.5) is 0 Å². The molecule has 1 saturated heterocycles. The second-order valence-corrected chi connectivity index (χ2v) is 5.03. The quantitative estimate of drug-likeness (QED) is 0.848. The van der Waals surface area contributed by atoms with Gasteiger partial charge in [-0.05, 0) is 32.9 Å². The lowest BCUT2D eigenvalue weighted by atomic mass is 10.2. The Morgan fingerprint density at radius 1 is 1.58 bits per heavy atom. The summed E-state index contributed by atoms with van der Waals surface area (Å²) in [5.74, 6) is -0.288. The molecule has 2 rings (SSSR count). The fraction of sp³-hybridized carbons (Fsp3) is 0.571. The summed E-state index contributed by atoms with van der Waals surface area (Å²) in [7, 11) is 0. The maximum Gasteiger partial charge on any atom is 0.256 e. The number of amides is 1. The predicted molar refractivity (Wildman–Crippen MR) is 74.4 cm³/mol. The Hall–Kier alpha value is -1.62. The van der Waals surface area contributed by atoms with Crippen molar-refractivity contribution >= 4 is 5.91 Å². The number of carbonyl (C=O) groups excluding carboxylic acids is 1. The Kier molecular flexibility index (Phi) is 4.37. The van der Waals surface area contributed by atoms with Crippen molar-refractivity contribution in [2.75, 3.05) is 19.6 Å². The zero-order valence-electron chi connectivity index (χ0n) is 11.5. The Bertz CT molecular complexity index is 510. The van der Waals surface area contributed by atoms with Crippen molar-refractivity contribution in [3.05, 3.63) is 33.7 Å². The predicted octanol–water partition coefficient (Wildman–Crippen LogP) is 0.897. The number of likely N-dealkylation sites (tertiary alicyclic amines) is 1. The van der Waals surface area contributed by atoms with E-state index < -0.39 is 0 Å². The molecule has 1 aliphatic rings. The highest BCUT2D eigenvalue weighted by molar-refractivity contribution is 5.93. The third kappa shape index (κ3) is 3.23. The summed E-state index contributed by atoms with van der Waals surface area (Å²) in [6.45, 7) is 6.64. The number of carbonyl (C=O) groups is 1. The fourth-order valence-electron chi connectivity index (χ4n) is 2.60. The van der Waals surface area contributed by atoms with Crippen LogP contribution in [0.25, 0.3) is 0 Å². The van der Waals surface area contributed by atoms with Crippen LogP contribution in [0, 0.1) is 6.92 Å². The molecule has 0 bridgehead atoms. The average Bonchev–Trinajstić information content (AvgIpc) is 2.83. The number of hydrogen-bond donors (Lipinski definition) is 2. The molecule has 0 aliphatic carbocycles. The highest BCUT2D eigenvalue weighted by atomic mass is 16.2. The van der Waals surface area contributed by atoms with Crippen LogP contribution < -0.4 is 10.7 Å². The van der Waals surface area contributed by atoms with E-state index in [4.69, 9.17) is 0 Å². The van der Waals surface area contributed by atoms with Gasteiger partial charge in [0.2, 0.25) is 0 Å². The molecule has 1 unspecified atom stereocenters. The molecule has 5 heteroatoms. The average molecular weight is 263 g/mol. The molecule has 1 atom stereocenters. The third-order valence-corrected chi connectivity index (χ3v) is 3.71. The van der Waals surface area contributed by atoms with Crippen LogP contribution in [-0.4, -0.2) is 41.5 Å². The smallest absolute Gasteiger partial charge is 0.256 e. The molecule has 0 spiro atoms. The monoisotopic (exact) mass is 263 g/mol. The first kappa shape index (κ1) is 13.8. The lowest BCUT2D eigenvalue weighted by Crippen LogP contribution is -2.41. The number of aryl methyl sites for hydroxylation is 1. The van der Waals surface area contributed by atoms with E-state index in [1.165, 1.54) is 18.7 Å². The maximum absolute atomic E-state index is 12.0. The summed E-state index contributed by atoms with van der Waals surface area (Å²) in [5, 5.41) is 2.86. The van der Waals surface area contributed by atoms with Gasteiger partial charge in [0.25, 0.3) is 5.91 Å². The topological polar surface area (TPSA) is 65.2 Å². The third-order valence-electron chi connectivity index (χ3n) is 3.71. The van der Waals surface area contributed by atoms with Crippen LogP contribution in [0.1, 0.15) is 35.8 Å². The Balaban J connectivity index is 1.96. The molecule has 0 radical (unpaired) electrons. The first-order chi connectivity index (χ1) is 9.11. The summed E-state index contributed by atoms with van der Waals surface area (Å²) in [4.78, 5) is 28.9. The highest BCUT2D eigenvalue weighted by Crippen LogP contribution is 2.15. The number of aromatic amines is 1. The molecular formula is C14H21N3O2. The van der Waals surface area contributed by atoms with Crippen molar-refractivity contribution in [2.45, 2.75) is 32.7 Å². The van der Waals surface area contributed by atoms with Crippen molar-refractivity contribution in [3.8, 4) is 0 Å². The van der Waals surface area contributed by atoms with E-state index in [2.05, 4.69) is 22.1 Å². The van der Waals surface area contributed by atoms with Gasteiger partial charge in [-0.3, -0.25) is 14.5 Å². The number of H-pyrrole nitrogens is 1.